The van der Waals surface area contributed by atoms with E-state index < -0.39 is 18.0 Å². The van der Waals surface area contributed by atoms with Gasteiger partial charge in [-0.1, -0.05) is 19.9 Å². The lowest BCUT2D eigenvalue weighted by Crippen LogP contribution is -2.44. The summed E-state index contributed by atoms with van der Waals surface area (Å²) in [4.78, 5) is 17.9. The molecule has 3 rings (SSSR count). The minimum Gasteiger partial charge on any atom is -0.383 e. The summed E-state index contributed by atoms with van der Waals surface area (Å²) < 4.78 is 38.7. The zero-order valence-corrected chi connectivity index (χ0v) is 15.5. The number of aromatic nitrogens is 1. The van der Waals surface area contributed by atoms with Crippen LogP contribution >= 0.6 is 0 Å². The molecule has 27 heavy (non-hydrogen) atoms. The van der Waals surface area contributed by atoms with Crippen molar-refractivity contribution in [1.82, 2.24) is 10.3 Å². The molecule has 0 aromatic carbocycles. The Labute approximate surface area is 157 Å². The average molecular weight is 385 g/mol. The van der Waals surface area contributed by atoms with Crippen LogP contribution in [0.4, 0.5) is 19.0 Å². The maximum atomic E-state index is 12.9. The maximum absolute atomic E-state index is 12.9. The second-order valence-corrected chi connectivity index (χ2v) is 8.05. The molecule has 1 aromatic rings. The number of hydrogen-bond acceptors (Lipinski definition) is 4. The second-order valence-electron chi connectivity index (χ2n) is 8.05. The van der Waals surface area contributed by atoms with Gasteiger partial charge < -0.3 is 15.3 Å². The fourth-order valence-corrected chi connectivity index (χ4v) is 4.22. The van der Waals surface area contributed by atoms with E-state index in [0.29, 0.717) is 31.2 Å². The molecule has 5 nitrogen and oxygen atoms in total. The Morgan fingerprint density at radius 2 is 2.07 bits per heavy atom. The molecule has 0 unspecified atom stereocenters. The smallest absolute Gasteiger partial charge is 0.383 e. The van der Waals surface area contributed by atoms with Crippen LogP contribution in [0.3, 0.4) is 0 Å². The molecule has 150 valence electrons. The van der Waals surface area contributed by atoms with E-state index in [1.807, 2.05) is 18.7 Å². The number of aliphatic hydroxyl groups excluding tert-OH is 1. The molecule has 1 aliphatic heterocycles. The molecule has 2 aliphatic rings. The monoisotopic (exact) mass is 385 g/mol. The van der Waals surface area contributed by atoms with Crippen LogP contribution in [0, 0.1) is 17.8 Å². The molecule has 2 N–H and O–H groups in total. The van der Waals surface area contributed by atoms with Crippen molar-refractivity contribution in [2.24, 2.45) is 17.8 Å². The number of nitrogens with zero attached hydrogens (tertiary/aromatic N) is 2. The molecule has 1 aliphatic carbocycles. The van der Waals surface area contributed by atoms with Crippen molar-refractivity contribution in [1.29, 1.82) is 0 Å². The predicted molar refractivity (Wildman–Crippen MR) is 95.1 cm³/mol. The van der Waals surface area contributed by atoms with Crippen molar-refractivity contribution in [2.75, 3.05) is 18.0 Å². The first kappa shape index (κ1) is 19.9. The molecule has 2 heterocycles. The number of carbonyl (C=O) groups excluding carboxylic acids is 1. The van der Waals surface area contributed by atoms with E-state index in [2.05, 4.69) is 10.3 Å². The molecule has 1 saturated heterocycles. The Balaban J connectivity index is 1.64. The zero-order chi connectivity index (χ0) is 19.8. The van der Waals surface area contributed by atoms with Crippen LogP contribution in [0.2, 0.25) is 0 Å². The SMILES string of the molecule is CC(C)C[C@@H](O)C(=O)N[C@H]1CC[C@@H]2CN(c3cccc(C(F)(F)F)n3)C[C@@H]21. The van der Waals surface area contributed by atoms with Gasteiger partial charge in [-0.05, 0) is 43.2 Å². The summed E-state index contributed by atoms with van der Waals surface area (Å²) >= 11 is 0. The molecule has 1 amide bonds. The third-order valence-electron chi connectivity index (χ3n) is 5.53. The molecule has 4 atom stereocenters. The number of pyridine rings is 1. The fraction of sp³-hybridized carbons (Fsp3) is 0.684. The first-order valence-corrected chi connectivity index (χ1v) is 9.42. The van der Waals surface area contributed by atoms with Crippen molar-refractivity contribution >= 4 is 11.7 Å². The van der Waals surface area contributed by atoms with Crippen LogP contribution in [-0.2, 0) is 11.0 Å². The number of aliphatic hydroxyl groups is 1. The lowest BCUT2D eigenvalue weighted by Gasteiger charge is -2.24. The molecule has 8 heteroatoms. The molecule has 0 radical (unpaired) electrons. The van der Waals surface area contributed by atoms with Gasteiger partial charge >= 0.3 is 6.18 Å². The lowest BCUT2D eigenvalue weighted by molar-refractivity contribution is -0.141. The number of alkyl halides is 3. The van der Waals surface area contributed by atoms with Gasteiger partial charge in [0.1, 0.15) is 17.6 Å². The summed E-state index contributed by atoms with van der Waals surface area (Å²) in [6, 6.07) is 3.89. The number of nitrogens with one attached hydrogen (secondary N) is 1. The van der Waals surface area contributed by atoms with Gasteiger partial charge in [0.15, 0.2) is 0 Å². The average Bonchev–Trinajstić information content (AvgIpc) is 3.15. The van der Waals surface area contributed by atoms with Gasteiger partial charge in [-0.2, -0.15) is 13.2 Å². The number of amides is 1. The number of rotatable bonds is 5. The number of hydrogen-bond donors (Lipinski definition) is 2. The molecule has 2 fully saturated rings. The van der Waals surface area contributed by atoms with Crippen LogP contribution in [0.15, 0.2) is 18.2 Å². The number of fused-ring (bicyclic) bond motifs is 1. The Bertz CT molecular complexity index is 680. The molecular weight excluding hydrogens is 359 g/mol. The summed E-state index contributed by atoms with van der Waals surface area (Å²) in [5.41, 5.74) is -0.890. The van der Waals surface area contributed by atoms with Crippen LogP contribution in [0.5, 0.6) is 0 Å². The summed E-state index contributed by atoms with van der Waals surface area (Å²) in [6.45, 7) is 5.09. The van der Waals surface area contributed by atoms with Gasteiger partial charge in [0.05, 0.1) is 0 Å². The predicted octanol–water partition coefficient (Wildman–Crippen LogP) is 2.84. The Morgan fingerprint density at radius 3 is 2.74 bits per heavy atom. The first-order chi connectivity index (χ1) is 12.6. The van der Waals surface area contributed by atoms with Crippen LogP contribution in [-0.4, -0.2) is 41.2 Å². The first-order valence-electron chi connectivity index (χ1n) is 9.42. The molecular formula is C19H26F3N3O2. The summed E-state index contributed by atoms with van der Waals surface area (Å²) in [6.07, 6.45) is -3.33. The summed E-state index contributed by atoms with van der Waals surface area (Å²) in [7, 11) is 0. The quantitative estimate of drug-likeness (QED) is 0.818. The van der Waals surface area contributed by atoms with E-state index in [1.54, 1.807) is 6.07 Å². The van der Waals surface area contributed by atoms with Crippen molar-refractivity contribution in [3.05, 3.63) is 23.9 Å². The highest BCUT2D eigenvalue weighted by atomic mass is 19.4. The minimum atomic E-state index is -4.46. The number of carbonyl (C=O) groups is 1. The fourth-order valence-electron chi connectivity index (χ4n) is 4.22. The van der Waals surface area contributed by atoms with Gasteiger partial charge in [0, 0.05) is 25.0 Å². The van der Waals surface area contributed by atoms with E-state index >= 15 is 0 Å². The standard InChI is InChI=1S/C19H26F3N3O2/c1-11(2)8-15(26)18(27)23-14-7-6-12-9-25(10-13(12)14)17-5-3-4-16(24-17)19(20,21)22/h3-5,11-15,26H,6-10H2,1-2H3,(H,23,27)/t12-,13+,14+,15-/m1/s1. The number of halogens is 3. The van der Waals surface area contributed by atoms with Crippen molar-refractivity contribution in [3.8, 4) is 0 Å². The highest BCUT2D eigenvalue weighted by Gasteiger charge is 2.44. The molecule has 1 aromatic heterocycles. The molecule has 0 spiro atoms. The van der Waals surface area contributed by atoms with E-state index in [0.717, 1.165) is 18.9 Å². The largest absolute Gasteiger partial charge is 0.433 e. The maximum Gasteiger partial charge on any atom is 0.433 e. The van der Waals surface area contributed by atoms with Crippen molar-refractivity contribution < 1.29 is 23.1 Å². The Morgan fingerprint density at radius 1 is 1.33 bits per heavy atom. The van der Waals surface area contributed by atoms with E-state index in [9.17, 15) is 23.1 Å². The van der Waals surface area contributed by atoms with Gasteiger partial charge in [-0.15, -0.1) is 0 Å². The normalized spacial score (nSPS) is 26.3. The Hall–Kier alpha value is -1.83. The minimum absolute atomic E-state index is 0.0555. The van der Waals surface area contributed by atoms with Crippen molar-refractivity contribution in [2.45, 2.75) is 51.4 Å². The summed E-state index contributed by atoms with van der Waals surface area (Å²) in [5.74, 6) is 0.663. The third kappa shape index (κ3) is 4.54. The van der Waals surface area contributed by atoms with Gasteiger partial charge in [-0.3, -0.25) is 4.79 Å². The molecule has 1 saturated carbocycles. The van der Waals surface area contributed by atoms with Crippen molar-refractivity contribution in [3.63, 3.8) is 0 Å². The number of anilines is 1. The van der Waals surface area contributed by atoms with Crippen LogP contribution < -0.4 is 10.2 Å². The van der Waals surface area contributed by atoms with Crippen LogP contribution in [0.1, 0.15) is 38.8 Å². The Kier molecular flexibility index (Phi) is 5.65. The van der Waals surface area contributed by atoms with E-state index in [-0.39, 0.29) is 23.8 Å². The third-order valence-corrected chi connectivity index (χ3v) is 5.53. The highest BCUT2D eigenvalue weighted by molar-refractivity contribution is 5.80. The van der Waals surface area contributed by atoms with Gasteiger partial charge in [0.25, 0.3) is 0 Å². The highest BCUT2D eigenvalue weighted by Crippen LogP contribution is 2.40. The van der Waals surface area contributed by atoms with Gasteiger partial charge in [-0.25, -0.2) is 4.98 Å². The topological polar surface area (TPSA) is 65.5 Å². The van der Waals surface area contributed by atoms with Gasteiger partial charge in [0.2, 0.25) is 5.91 Å². The van der Waals surface area contributed by atoms with E-state index in [1.165, 1.54) is 6.07 Å². The van der Waals surface area contributed by atoms with Crippen LogP contribution in [0.25, 0.3) is 0 Å². The lowest BCUT2D eigenvalue weighted by atomic mass is 9.97. The van der Waals surface area contributed by atoms with E-state index in [4.69, 9.17) is 0 Å². The zero-order valence-electron chi connectivity index (χ0n) is 15.5. The molecule has 0 bridgehead atoms. The second kappa shape index (κ2) is 7.66. The summed E-state index contributed by atoms with van der Waals surface area (Å²) in [5, 5.41) is 12.9.